The first-order valence-electron chi connectivity index (χ1n) is 5.72. The van der Waals surface area contributed by atoms with Crippen LogP contribution >= 0.6 is 0 Å². The van der Waals surface area contributed by atoms with E-state index in [1.54, 1.807) is 24.3 Å². The average molecular weight is 235 g/mol. The van der Waals surface area contributed by atoms with Crippen LogP contribution in [0.15, 0.2) is 30.9 Å². The monoisotopic (exact) mass is 235 g/mol. The summed E-state index contributed by atoms with van der Waals surface area (Å²) in [7, 11) is 0. The Morgan fingerprint density at radius 2 is 2.12 bits per heavy atom. The number of aromatic hydroxyl groups is 1. The van der Waals surface area contributed by atoms with Crippen molar-refractivity contribution in [3.63, 3.8) is 0 Å². The second-order valence-corrected chi connectivity index (χ2v) is 5.07. The molecule has 1 aromatic rings. The van der Waals surface area contributed by atoms with Crippen LogP contribution in [-0.2, 0) is 0 Å². The Hall–Kier alpha value is -1.48. The molecule has 0 fully saturated rings. The van der Waals surface area contributed by atoms with Crippen LogP contribution in [0.5, 0.6) is 11.5 Å². The van der Waals surface area contributed by atoms with Gasteiger partial charge >= 0.3 is 0 Å². The van der Waals surface area contributed by atoms with E-state index in [9.17, 15) is 5.11 Å². The van der Waals surface area contributed by atoms with Crippen molar-refractivity contribution < 1.29 is 9.84 Å². The SMILES string of the molecule is C=CC[C@@H](N)c1cc(OC(C)(C)C)ccc1O. The molecule has 3 nitrogen and oxygen atoms in total. The van der Waals surface area contributed by atoms with Crippen LogP contribution in [0.1, 0.15) is 38.8 Å². The second kappa shape index (κ2) is 5.23. The zero-order valence-corrected chi connectivity index (χ0v) is 10.7. The van der Waals surface area contributed by atoms with E-state index in [0.717, 1.165) is 0 Å². The summed E-state index contributed by atoms with van der Waals surface area (Å²) in [4.78, 5) is 0. The van der Waals surface area contributed by atoms with Gasteiger partial charge in [-0.3, -0.25) is 0 Å². The number of ether oxygens (including phenoxy) is 1. The lowest BCUT2D eigenvalue weighted by Crippen LogP contribution is -2.23. The summed E-state index contributed by atoms with van der Waals surface area (Å²) < 4.78 is 5.73. The van der Waals surface area contributed by atoms with Crippen molar-refractivity contribution >= 4 is 0 Å². The van der Waals surface area contributed by atoms with Gasteiger partial charge in [0, 0.05) is 11.6 Å². The molecular formula is C14H21NO2. The lowest BCUT2D eigenvalue weighted by atomic mass is 10.0. The molecule has 0 spiro atoms. The molecule has 0 saturated heterocycles. The number of nitrogens with two attached hydrogens (primary N) is 1. The molecule has 0 aliphatic carbocycles. The third kappa shape index (κ3) is 4.11. The Labute approximate surface area is 103 Å². The van der Waals surface area contributed by atoms with Crippen molar-refractivity contribution in [3.8, 4) is 11.5 Å². The van der Waals surface area contributed by atoms with Gasteiger partial charge in [-0.15, -0.1) is 6.58 Å². The molecule has 0 aliphatic heterocycles. The minimum Gasteiger partial charge on any atom is -0.508 e. The van der Waals surface area contributed by atoms with E-state index in [0.29, 0.717) is 17.7 Å². The molecule has 3 N–H and O–H groups in total. The van der Waals surface area contributed by atoms with Crippen molar-refractivity contribution in [2.75, 3.05) is 0 Å². The van der Waals surface area contributed by atoms with Crippen LogP contribution in [0, 0.1) is 0 Å². The molecule has 3 heteroatoms. The van der Waals surface area contributed by atoms with E-state index >= 15 is 0 Å². The molecular weight excluding hydrogens is 214 g/mol. The Morgan fingerprint density at radius 1 is 1.47 bits per heavy atom. The molecule has 0 saturated carbocycles. The van der Waals surface area contributed by atoms with Gasteiger partial charge in [-0.2, -0.15) is 0 Å². The van der Waals surface area contributed by atoms with Crippen LogP contribution in [0.25, 0.3) is 0 Å². The Kier molecular flexibility index (Phi) is 4.18. The summed E-state index contributed by atoms with van der Waals surface area (Å²) in [5, 5.41) is 9.76. The summed E-state index contributed by atoms with van der Waals surface area (Å²) in [6.45, 7) is 9.57. The molecule has 94 valence electrons. The van der Waals surface area contributed by atoms with E-state index in [4.69, 9.17) is 10.5 Å². The number of hydrogen-bond acceptors (Lipinski definition) is 3. The molecule has 1 rings (SSSR count). The maximum atomic E-state index is 9.76. The molecule has 0 radical (unpaired) electrons. The Bertz CT molecular complexity index is 394. The fourth-order valence-electron chi connectivity index (χ4n) is 1.55. The van der Waals surface area contributed by atoms with Crippen LogP contribution in [-0.4, -0.2) is 10.7 Å². The molecule has 1 atom stereocenters. The maximum absolute atomic E-state index is 9.76. The predicted molar refractivity (Wildman–Crippen MR) is 70.2 cm³/mol. The fourth-order valence-corrected chi connectivity index (χ4v) is 1.55. The van der Waals surface area contributed by atoms with Crippen LogP contribution < -0.4 is 10.5 Å². The number of phenols is 1. The Balaban J connectivity index is 2.97. The first-order chi connectivity index (χ1) is 7.83. The largest absolute Gasteiger partial charge is 0.508 e. The van der Waals surface area contributed by atoms with Crippen LogP contribution in [0.4, 0.5) is 0 Å². The Morgan fingerprint density at radius 3 is 2.65 bits per heavy atom. The van der Waals surface area contributed by atoms with Gasteiger partial charge in [0.15, 0.2) is 0 Å². The van der Waals surface area contributed by atoms with Gasteiger partial charge in [0.2, 0.25) is 0 Å². The van der Waals surface area contributed by atoms with Crippen molar-refractivity contribution in [2.24, 2.45) is 5.73 Å². The molecule has 0 aliphatic rings. The third-order valence-electron chi connectivity index (χ3n) is 2.24. The number of benzene rings is 1. The number of rotatable bonds is 4. The van der Waals surface area contributed by atoms with Gasteiger partial charge in [0.05, 0.1) is 0 Å². The first kappa shape index (κ1) is 13.6. The smallest absolute Gasteiger partial charge is 0.120 e. The molecule has 0 unspecified atom stereocenters. The molecule has 17 heavy (non-hydrogen) atoms. The quantitative estimate of drug-likeness (QED) is 0.788. The third-order valence-corrected chi connectivity index (χ3v) is 2.24. The van der Waals surface area contributed by atoms with E-state index in [1.807, 2.05) is 20.8 Å². The van der Waals surface area contributed by atoms with E-state index < -0.39 is 0 Å². The van der Waals surface area contributed by atoms with Crippen molar-refractivity contribution in [1.82, 2.24) is 0 Å². The second-order valence-electron chi connectivity index (χ2n) is 5.07. The topological polar surface area (TPSA) is 55.5 Å². The van der Waals surface area contributed by atoms with Gasteiger partial charge in [-0.1, -0.05) is 6.08 Å². The summed E-state index contributed by atoms with van der Waals surface area (Å²) in [5.41, 5.74) is 6.37. The first-order valence-corrected chi connectivity index (χ1v) is 5.72. The zero-order chi connectivity index (χ0) is 13.1. The van der Waals surface area contributed by atoms with Gasteiger partial charge in [-0.05, 0) is 45.4 Å². The highest BCUT2D eigenvalue weighted by atomic mass is 16.5. The maximum Gasteiger partial charge on any atom is 0.120 e. The highest BCUT2D eigenvalue weighted by Crippen LogP contribution is 2.30. The zero-order valence-electron chi connectivity index (χ0n) is 10.7. The van der Waals surface area contributed by atoms with Gasteiger partial charge in [0.1, 0.15) is 17.1 Å². The fraction of sp³-hybridized carbons (Fsp3) is 0.429. The molecule has 0 aromatic heterocycles. The summed E-state index contributed by atoms with van der Waals surface area (Å²) in [5.74, 6) is 0.908. The normalized spacial score (nSPS) is 13.2. The molecule has 1 aromatic carbocycles. The summed E-state index contributed by atoms with van der Waals surface area (Å²) in [6, 6.07) is 4.88. The van der Waals surface area contributed by atoms with E-state index in [-0.39, 0.29) is 17.4 Å². The average Bonchev–Trinajstić information content (AvgIpc) is 2.19. The predicted octanol–water partition coefficient (Wildman–Crippen LogP) is 3.15. The highest BCUT2D eigenvalue weighted by molar-refractivity contribution is 5.41. The van der Waals surface area contributed by atoms with Crippen molar-refractivity contribution in [3.05, 3.63) is 36.4 Å². The molecule has 0 bridgehead atoms. The highest BCUT2D eigenvalue weighted by Gasteiger charge is 2.15. The van der Waals surface area contributed by atoms with Crippen molar-refractivity contribution in [2.45, 2.75) is 38.8 Å². The van der Waals surface area contributed by atoms with E-state index in [2.05, 4.69) is 6.58 Å². The summed E-state index contributed by atoms with van der Waals surface area (Å²) in [6.07, 6.45) is 2.36. The molecule has 0 amide bonds. The number of phenolic OH excluding ortho intramolecular Hbond substituents is 1. The minimum absolute atomic E-state index is 0.195. The van der Waals surface area contributed by atoms with Gasteiger partial charge in [-0.25, -0.2) is 0 Å². The van der Waals surface area contributed by atoms with Crippen LogP contribution in [0.3, 0.4) is 0 Å². The van der Waals surface area contributed by atoms with Gasteiger partial charge in [0.25, 0.3) is 0 Å². The van der Waals surface area contributed by atoms with Crippen molar-refractivity contribution in [1.29, 1.82) is 0 Å². The summed E-state index contributed by atoms with van der Waals surface area (Å²) >= 11 is 0. The van der Waals surface area contributed by atoms with E-state index in [1.165, 1.54) is 0 Å². The minimum atomic E-state index is -0.267. The number of hydrogen-bond donors (Lipinski definition) is 2. The standard InChI is InChI=1S/C14H21NO2/c1-5-6-12(15)11-9-10(7-8-13(11)16)17-14(2,3)4/h5,7-9,12,16H,1,6,15H2,2-4H3/t12-/m1/s1. The van der Waals surface area contributed by atoms with Gasteiger partial charge < -0.3 is 15.6 Å². The lowest BCUT2D eigenvalue weighted by molar-refractivity contribution is 0.130. The lowest BCUT2D eigenvalue weighted by Gasteiger charge is -2.22. The molecule has 0 heterocycles. The van der Waals surface area contributed by atoms with Crippen LogP contribution in [0.2, 0.25) is 0 Å².